The fourth-order valence-electron chi connectivity index (χ4n) is 2.22. The van der Waals surface area contributed by atoms with Crippen molar-refractivity contribution in [3.8, 4) is 11.8 Å². The second-order valence-electron chi connectivity index (χ2n) is 4.97. The minimum absolute atomic E-state index is 0.0836. The van der Waals surface area contributed by atoms with Crippen LogP contribution in [0.1, 0.15) is 16.7 Å². The summed E-state index contributed by atoms with van der Waals surface area (Å²) >= 11 is 0. The number of aryl methyl sites for hydroxylation is 1. The summed E-state index contributed by atoms with van der Waals surface area (Å²) in [5, 5.41) is 12.0. The van der Waals surface area contributed by atoms with Gasteiger partial charge < -0.3 is 10.1 Å². The SMILES string of the molecule is Cc1cccc(CCNCc2ccccc2OCC#N)c1. The van der Waals surface area contributed by atoms with Crippen molar-refractivity contribution in [1.29, 1.82) is 5.26 Å². The molecule has 0 aliphatic rings. The van der Waals surface area contributed by atoms with Gasteiger partial charge in [-0.25, -0.2) is 0 Å². The van der Waals surface area contributed by atoms with Gasteiger partial charge in [0.1, 0.15) is 11.8 Å². The van der Waals surface area contributed by atoms with Crippen LogP contribution < -0.4 is 10.1 Å². The Bertz CT molecular complexity index is 617. The molecule has 0 aliphatic heterocycles. The van der Waals surface area contributed by atoms with Gasteiger partial charge in [0, 0.05) is 12.1 Å². The molecule has 2 rings (SSSR count). The lowest BCUT2D eigenvalue weighted by atomic mass is 10.1. The minimum atomic E-state index is 0.0836. The van der Waals surface area contributed by atoms with Gasteiger partial charge in [-0.05, 0) is 31.5 Å². The summed E-state index contributed by atoms with van der Waals surface area (Å²) in [5.41, 5.74) is 3.72. The predicted octanol–water partition coefficient (Wildman–Crippen LogP) is 3.23. The van der Waals surface area contributed by atoms with Gasteiger partial charge in [0.15, 0.2) is 6.61 Å². The lowest BCUT2D eigenvalue weighted by Crippen LogP contribution is -2.17. The Hall–Kier alpha value is -2.31. The van der Waals surface area contributed by atoms with Crippen LogP contribution in [0, 0.1) is 18.3 Å². The molecule has 0 amide bonds. The topological polar surface area (TPSA) is 45.0 Å². The molecule has 2 aromatic carbocycles. The Kier molecular flexibility index (Phi) is 5.81. The fraction of sp³-hybridized carbons (Fsp3) is 0.278. The van der Waals surface area contributed by atoms with E-state index in [1.54, 1.807) is 0 Å². The summed E-state index contributed by atoms with van der Waals surface area (Å²) in [6.07, 6.45) is 1.00. The number of nitrogens with zero attached hydrogens (tertiary/aromatic N) is 1. The van der Waals surface area contributed by atoms with E-state index in [1.165, 1.54) is 11.1 Å². The molecule has 3 heteroatoms. The predicted molar refractivity (Wildman–Crippen MR) is 84.1 cm³/mol. The van der Waals surface area contributed by atoms with Crippen molar-refractivity contribution in [1.82, 2.24) is 5.32 Å². The highest BCUT2D eigenvalue weighted by Crippen LogP contribution is 2.17. The quantitative estimate of drug-likeness (QED) is 0.792. The van der Waals surface area contributed by atoms with Crippen molar-refractivity contribution in [3.05, 3.63) is 65.2 Å². The number of rotatable bonds is 7. The number of nitrogens with one attached hydrogen (secondary N) is 1. The number of nitriles is 1. The summed E-state index contributed by atoms with van der Waals surface area (Å²) in [6.45, 7) is 3.85. The first-order chi connectivity index (χ1) is 10.3. The molecule has 0 aliphatic carbocycles. The molecule has 0 atom stereocenters. The zero-order valence-corrected chi connectivity index (χ0v) is 12.3. The van der Waals surface area contributed by atoms with Crippen LogP contribution in [0.2, 0.25) is 0 Å². The van der Waals surface area contributed by atoms with Crippen molar-refractivity contribution in [3.63, 3.8) is 0 Å². The van der Waals surface area contributed by atoms with Gasteiger partial charge >= 0.3 is 0 Å². The second kappa shape index (κ2) is 8.08. The lowest BCUT2D eigenvalue weighted by Gasteiger charge is -2.10. The first kappa shape index (κ1) is 15.1. The van der Waals surface area contributed by atoms with Crippen molar-refractivity contribution in [2.24, 2.45) is 0 Å². The van der Waals surface area contributed by atoms with Gasteiger partial charge in [-0.15, -0.1) is 0 Å². The molecule has 1 N–H and O–H groups in total. The molecule has 0 bridgehead atoms. The van der Waals surface area contributed by atoms with Crippen molar-refractivity contribution >= 4 is 0 Å². The van der Waals surface area contributed by atoms with E-state index < -0.39 is 0 Å². The summed E-state index contributed by atoms with van der Waals surface area (Å²) in [7, 11) is 0. The largest absolute Gasteiger partial charge is 0.478 e. The van der Waals surface area contributed by atoms with Crippen LogP contribution in [0.3, 0.4) is 0 Å². The van der Waals surface area contributed by atoms with Gasteiger partial charge in [0.05, 0.1) is 0 Å². The number of hydrogen-bond acceptors (Lipinski definition) is 3. The maximum absolute atomic E-state index is 8.59. The van der Waals surface area contributed by atoms with Gasteiger partial charge in [0.2, 0.25) is 0 Å². The average molecular weight is 280 g/mol. The van der Waals surface area contributed by atoms with E-state index in [4.69, 9.17) is 10.00 Å². The minimum Gasteiger partial charge on any atom is -0.478 e. The number of hydrogen-bond donors (Lipinski definition) is 1. The molecule has 0 fully saturated rings. The first-order valence-electron chi connectivity index (χ1n) is 7.13. The van der Waals surface area contributed by atoms with E-state index in [-0.39, 0.29) is 6.61 Å². The van der Waals surface area contributed by atoms with E-state index in [2.05, 4.69) is 36.5 Å². The summed E-state index contributed by atoms with van der Waals surface area (Å²) in [4.78, 5) is 0. The van der Waals surface area contributed by atoms with Crippen LogP contribution in [0.4, 0.5) is 0 Å². The van der Waals surface area contributed by atoms with E-state index in [9.17, 15) is 0 Å². The van der Waals surface area contributed by atoms with Crippen LogP contribution in [0.5, 0.6) is 5.75 Å². The number of benzene rings is 2. The molecule has 0 unspecified atom stereocenters. The zero-order valence-electron chi connectivity index (χ0n) is 12.3. The number of ether oxygens (including phenoxy) is 1. The number of para-hydroxylation sites is 1. The molecule has 0 heterocycles. The Labute approximate surface area is 126 Å². The average Bonchev–Trinajstić information content (AvgIpc) is 2.50. The summed E-state index contributed by atoms with van der Waals surface area (Å²) in [5.74, 6) is 0.780. The molecule has 2 aromatic rings. The Morgan fingerprint density at radius 2 is 2.00 bits per heavy atom. The van der Waals surface area contributed by atoms with Gasteiger partial charge in [-0.3, -0.25) is 0 Å². The van der Waals surface area contributed by atoms with Crippen LogP contribution in [-0.2, 0) is 13.0 Å². The highest BCUT2D eigenvalue weighted by molar-refractivity contribution is 5.33. The molecule has 0 saturated carbocycles. The highest BCUT2D eigenvalue weighted by Gasteiger charge is 2.02. The molecular formula is C18H20N2O. The normalized spacial score (nSPS) is 10.1. The van der Waals surface area contributed by atoms with Crippen LogP contribution in [0.15, 0.2) is 48.5 Å². The Morgan fingerprint density at radius 3 is 2.81 bits per heavy atom. The van der Waals surface area contributed by atoms with E-state index >= 15 is 0 Å². The molecule has 0 aromatic heterocycles. The van der Waals surface area contributed by atoms with Crippen molar-refractivity contribution in [2.75, 3.05) is 13.2 Å². The van der Waals surface area contributed by atoms with Gasteiger partial charge in [-0.2, -0.15) is 5.26 Å². The second-order valence-corrected chi connectivity index (χ2v) is 4.97. The van der Waals surface area contributed by atoms with E-state index in [0.717, 1.165) is 30.8 Å². The standard InChI is InChI=1S/C18H20N2O/c1-15-5-4-6-16(13-15)9-11-20-14-17-7-2-3-8-18(17)21-12-10-19/h2-8,13,20H,9,11-12,14H2,1H3. The van der Waals surface area contributed by atoms with Gasteiger partial charge in [-0.1, -0.05) is 48.0 Å². The third-order valence-corrected chi connectivity index (χ3v) is 3.25. The fourth-order valence-corrected chi connectivity index (χ4v) is 2.22. The highest BCUT2D eigenvalue weighted by atomic mass is 16.5. The van der Waals surface area contributed by atoms with Gasteiger partial charge in [0.25, 0.3) is 0 Å². The molecule has 108 valence electrons. The van der Waals surface area contributed by atoms with E-state index in [0.29, 0.717) is 0 Å². The lowest BCUT2D eigenvalue weighted by molar-refractivity contribution is 0.362. The van der Waals surface area contributed by atoms with E-state index in [1.807, 2.05) is 30.3 Å². The third kappa shape index (κ3) is 4.94. The smallest absolute Gasteiger partial charge is 0.174 e. The molecule has 3 nitrogen and oxygen atoms in total. The Balaban J connectivity index is 1.82. The van der Waals surface area contributed by atoms with Crippen molar-refractivity contribution < 1.29 is 4.74 Å². The maximum atomic E-state index is 8.59. The molecular weight excluding hydrogens is 260 g/mol. The molecule has 0 spiro atoms. The summed E-state index contributed by atoms with van der Waals surface area (Å²) in [6, 6.07) is 18.4. The maximum Gasteiger partial charge on any atom is 0.174 e. The van der Waals surface area contributed by atoms with Crippen LogP contribution >= 0.6 is 0 Å². The summed E-state index contributed by atoms with van der Waals surface area (Å²) < 4.78 is 5.42. The Morgan fingerprint density at radius 1 is 1.14 bits per heavy atom. The molecule has 0 saturated heterocycles. The third-order valence-electron chi connectivity index (χ3n) is 3.25. The zero-order chi connectivity index (χ0) is 14.9. The van der Waals surface area contributed by atoms with Crippen LogP contribution in [-0.4, -0.2) is 13.2 Å². The monoisotopic (exact) mass is 280 g/mol. The molecule has 21 heavy (non-hydrogen) atoms. The van der Waals surface area contributed by atoms with Crippen molar-refractivity contribution in [2.45, 2.75) is 19.9 Å². The first-order valence-corrected chi connectivity index (χ1v) is 7.13. The van der Waals surface area contributed by atoms with Crippen LogP contribution in [0.25, 0.3) is 0 Å². The molecule has 0 radical (unpaired) electrons.